The van der Waals surface area contributed by atoms with Crippen molar-refractivity contribution in [2.45, 2.75) is 58.1 Å². The second kappa shape index (κ2) is 7.49. The molecular weight excluding hydrogens is 290 g/mol. The maximum atomic E-state index is 12.3. The van der Waals surface area contributed by atoms with E-state index in [9.17, 15) is 4.79 Å². The highest BCUT2D eigenvalue weighted by atomic mass is 16.5. The van der Waals surface area contributed by atoms with Crippen LogP contribution in [0.3, 0.4) is 0 Å². The summed E-state index contributed by atoms with van der Waals surface area (Å²) in [6.45, 7) is 11.5. The van der Waals surface area contributed by atoms with Gasteiger partial charge >= 0.3 is 0 Å². The summed E-state index contributed by atoms with van der Waals surface area (Å²) in [5.74, 6) is 0.160. The molecule has 5 heteroatoms. The molecule has 3 aliphatic rings. The van der Waals surface area contributed by atoms with Crippen LogP contribution in [0.4, 0.5) is 0 Å². The summed E-state index contributed by atoms with van der Waals surface area (Å²) in [5, 5.41) is 3.19. The Bertz CT molecular complexity index is 403. The van der Waals surface area contributed by atoms with E-state index in [1.807, 2.05) is 0 Å². The molecule has 2 saturated heterocycles. The number of hydrogen-bond acceptors (Lipinski definition) is 4. The van der Waals surface area contributed by atoms with Gasteiger partial charge < -0.3 is 15.0 Å². The molecule has 2 aliphatic heterocycles. The maximum Gasteiger partial charge on any atom is 0.222 e. The summed E-state index contributed by atoms with van der Waals surface area (Å²) in [6.07, 6.45) is 5.78. The highest BCUT2D eigenvalue weighted by Crippen LogP contribution is 2.46. The minimum absolute atomic E-state index is 0.0554. The van der Waals surface area contributed by atoms with Gasteiger partial charge in [0, 0.05) is 37.6 Å². The van der Waals surface area contributed by atoms with Gasteiger partial charge in [-0.3, -0.25) is 9.69 Å². The predicted octanol–water partition coefficient (Wildman–Crippen LogP) is 1.48. The molecule has 3 rings (SSSR count). The zero-order valence-electron chi connectivity index (χ0n) is 14.9. The summed E-state index contributed by atoms with van der Waals surface area (Å²) in [5.41, 5.74) is 0.372. The first-order chi connectivity index (χ1) is 11.1. The summed E-state index contributed by atoms with van der Waals surface area (Å²) >= 11 is 0. The molecule has 2 heterocycles. The highest BCUT2D eigenvalue weighted by Gasteiger charge is 2.44. The fraction of sp³-hybridized carbons (Fsp3) is 0.944. The topological polar surface area (TPSA) is 44.8 Å². The number of ether oxygens (including phenoxy) is 1. The lowest BCUT2D eigenvalue weighted by Gasteiger charge is -2.35. The van der Waals surface area contributed by atoms with Crippen molar-refractivity contribution >= 4 is 5.91 Å². The molecule has 132 valence electrons. The minimum Gasteiger partial charge on any atom is -0.375 e. The Morgan fingerprint density at radius 1 is 1.26 bits per heavy atom. The van der Waals surface area contributed by atoms with Crippen LogP contribution in [-0.4, -0.2) is 73.7 Å². The highest BCUT2D eigenvalue weighted by molar-refractivity contribution is 5.76. The van der Waals surface area contributed by atoms with Crippen LogP contribution < -0.4 is 5.32 Å². The van der Waals surface area contributed by atoms with Crippen molar-refractivity contribution in [1.82, 2.24) is 15.1 Å². The van der Waals surface area contributed by atoms with Gasteiger partial charge in [-0.1, -0.05) is 0 Å². The van der Waals surface area contributed by atoms with E-state index in [1.54, 1.807) is 0 Å². The van der Waals surface area contributed by atoms with Crippen LogP contribution >= 0.6 is 0 Å². The third-order valence-corrected chi connectivity index (χ3v) is 5.69. The van der Waals surface area contributed by atoms with E-state index in [4.69, 9.17) is 4.74 Å². The average molecular weight is 323 g/mol. The summed E-state index contributed by atoms with van der Waals surface area (Å²) in [7, 11) is 0. The van der Waals surface area contributed by atoms with Crippen LogP contribution in [0.25, 0.3) is 0 Å². The normalized spacial score (nSPS) is 28.2. The number of nitrogens with one attached hydrogen (secondary N) is 1. The molecule has 5 nitrogen and oxygen atoms in total. The molecular formula is C18H33N3O2. The summed E-state index contributed by atoms with van der Waals surface area (Å²) < 4.78 is 5.77. The molecule has 1 atom stereocenters. The Morgan fingerprint density at radius 3 is 2.65 bits per heavy atom. The van der Waals surface area contributed by atoms with Crippen molar-refractivity contribution in [2.24, 2.45) is 5.41 Å². The van der Waals surface area contributed by atoms with Gasteiger partial charge in [0.25, 0.3) is 0 Å². The fourth-order valence-corrected chi connectivity index (χ4v) is 3.88. The van der Waals surface area contributed by atoms with Gasteiger partial charge in [0.1, 0.15) is 0 Å². The summed E-state index contributed by atoms with van der Waals surface area (Å²) in [4.78, 5) is 17.2. The molecule has 0 aromatic rings. The molecule has 1 amide bonds. The number of hydrogen-bond donors (Lipinski definition) is 1. The maximum absolute atomic E-state index is 12.3. The van der Waals surface area contributed by atoms with Gasteiger partial charge in [-0.2, -0.15) is 0 Å². The number of carbonyl (C=O) groups is 1. The van der Waals surface area contributed by atoms with E-state index in [0.717, 1.165) is 26.2 Å². The number of amides is 1. The Balaban J connectivity index is 1.37. The molecule has 1 aliphatic carbocycles. The molecule has 0 aromatic heterocycles. The van der Waals surface area contributed by atoms with E-state index in [-0.39, 0.29) is 12.0 Å². The van der Waals surface area contributed by atoms with Crippen molar-refractivity contribution < 1.29 is 9.53 Å². The van der Waals surface area contributed by atoms with Crippen molar-refractivity contribution in [2.75, 3.05) is 45.9 Å². The predicted molar refractivity (Wildman–Crippen MR) is 91.4 cm³/mol. The monoisotopic (exact) mass is 323 g/mol. The van der Waals surface area contributed by atoms with Crippen LogP contribution in [0, 0.1) is 5.41 Å². The quantitative estimate of drug-likeness (QED) is 0.771. The first-order valence-corrected chi connectivity index (χ1v) is 9.41. The molecule has 1 N–H and O–H groups in total. The Kier molecular flexibility index (Phi) is 5.60. The van der Waals surface area contributed by atoms with E-state index in [2.05, 4.69) is 29.0 Å². The summed E-state index contributed by atoms with van der Waals surface area (Å²) in [6, 6.07) is 0.527. The van der Waals surface area contributed by atoms with Gasteiger partial charge in [0.15, 0.2) is 0 Å². The van der Waals surface area contributed by atoms with Crippen molar-refractivity contribution in [1.29, 1.82) is 0 Å². The van der Waals surface area contributed by atoms with E-state index >= 15 is 0 Å². The number of likely N-dealkylation sites (tertiary alicyclic amines) is 1. The van der Waals surface area contributed by atoms with Gasteiger partial charge in [0.2, 0.25) is 5.91 Å². The first kappa shape index (κ1) is 17.2. The Morgan fingerprint density at radius 2 is 2.00 bits per heavy atom. The molecule has 0 unspecified atom stereocenters. The van der Waals surface area contributed by atoms with E-state index < -0.39 is 0 Å². The van der Waals surface area contributed by atoms with Gasteiger partial charge in [-0.05, 0) is 52.6 Å². The molecule has 0 bridgehead atoms. The third kappa shape index (κ3) is 4.91. The lowest BCUT2D eigenvalue weighted by atomic mass is 10.1. The second-order valence-electron chi connectivity index (χ2n) is 8.05. The smallest absolute Gasteiger partial charge is 0.222 e. The molecule has 0 radical (unpaired) electrons. The number of nitrogens with zero attached hydrogens (tertiary/aromatic N) is 2. The third-order valence-electron chi connectivity index (χ3n) is 5.69. The lowest BCUT2D eigenvalue weighted by molar-refractivity contribution is -0.126. The first-order valence-electron chi connectivity index (χ1n) is 9.41. The molecule has 23 heavy (non-hydrogen) atoms. The molecule has 3 fully saturated rings. The average Bonchev–Trinajstić information content (AvgIpc) is 3.10. The van der Waals surface area contributed by atoms with Crippen molar-refractivity contribution in [3.63, 3.8) is 0 Å². The van der Waals surface area contributed by atoms with Gasteiger partial charge in [-0.25, -0.2) is 0 Å². The standard InChI is InChI=1S/C18H33N3O2/c1-15(2)21-9-10-23-16(12-21)11-17(22)19-13-18(5-6-18)14-20-7-3-4-8-20/h15-16H,3-14H2,1-2H3,(H,19,22)/t16-/m1/s1. The number of morpholine rings is 1. The van der Waals surface area contributed by atoms with Crippen LogP contribution in [0.5, 0.6) is 0 Å². The van der Waals surface area contributed by atoms with Crippen LogP contribution in [0.2, 0.25) is 0 Å². The Labute approximate surface area is 140 Å². The zero-order chi connectivity index (χ0) is 16.3. The SMILES string of the molecule is CC(C)N1CCO[C@H](CC(=O)NCC2(CN3CCCC3)CC2)C1. The van der Waals surface area contributed by atoms with Crippen LogP contribution in [-0.2, 0) is 9.53 Å². The van der Waals surface area contributed by atoms with E-state index in [1.165, 1.54) is 45.3 Å². The second-order valence-corrected chi connectivity index (χ2v) is 8.05. The largest absolute Gasteiger partial charge is 0.375 e. The fourth-order valence-electron chi connectivity index (χ4n) is 3.88. The lowest BCUT2D eigenvalue weighted by Crippen LogP contribution is -2.47. The van der Waals surface area contributed by atoms with Gasteiger partial charge in [-0.15, -0.1) is 0 Å². The minimum atomic E-state index is 0.0554. The van der Waals surface area contributed by atoms with Crippen molar-refractivity contribution in [3.05, 3.63) is 0 Å². The van der Waals surface area contributed by atoms with Gasteiger partial charge in [0.05, 0.1) is 19.1 Å². The number of carbonyl (C=O) groups excluding carboxylic acids is 1. The molecule has 1 saturated carbocycles. The zero-order valence-corrected chi connectivity index (χ0v) is 14.9. The van der Waals surface area contributed by atoms with Crippen LogP contribution in [0.15, 0.2) is 0 Å². The molecule has 0 aromatic carbocycles. The number of rotatable bonds is 7. The van der Waals surface area contributed by atoms with E-state index in [0.29, 0.717) is 17.9 Å². The molecule has 0 spiro atoms. The Hall–Kier alpha value is -0.650. The van der Waals surface area contributed by atoms with Crippen LogP contribution in [0.1, 0.15) is 46.0 Å². The van der Waals surface area contributed by atoms with Crippen molar-refractivity contribution in [3.8, 4) is 0 Å².